The van der Waals surface area contributed by atoms with Crippen LogP contribution in [-0.2, 0) is 14.8 Å². The molecule has 2 fully saturated rings. The molecule has 1 aliphatic heterocycles. The summed E-state index contributed by atoms with van der Waals surface area (Å²) in [4.78, 5) is 14.9. The van der Waals surface area contributed by atoms with Crippen molar-refractivity contribution in [2.75, 3.05) is 18.0 Å². The molecule has 1 saturated heterocycles. The molecule has 3 rings (SSSR count). The van der Waals surface area contributed by atoms with Crippen LogP contribution in [0.2, 0.25) is 0 Å². The highest BCUT2D eigenvalue weighted by atomic mass is 32.2. The van der Waals surface area contributed by atoms with E-state index in [1.807, 2.05) is 0 Å². The lowest BCUT2D eigenvalue weighted by molar-refractivity contribution is -0.192. The van der Waals surface area contributed by atoms with Gasteiger partial charge in [-0.3, -0.25) is 0 Å². The van der Waals surface area contributed by atoms with Crippen molar-refractivity contribution in [1.82, 2.24) is 9.71 Å². The van der Waals surface area contributed by atoms with Crippen molar-refractivity contribution >= 4 is 21.8 Å². The zero-order chi connectivity index (χ0) is 24.2. The molecule has 0 radical (unpaired) electrons. The highest BCUT2D eigenvalue weighted by Gasteiger charge is 2.38. The van der Waals surface area contributed by atoms with Gasteiger partial charge in [0.1, 0.15) is 10.7 Å². The molecule has 8 nitrogen and oxygen atoms in total. The van der Waals surface area contributed by atoms with Gasteiger partial charge in [-0.2, -0.15) is 13.2 Å². The zero-order valence-electron chi connectivity index (χ0n) is 17.0. The predicted octanol–water partition coefficient (Wildman–Crippen LogP) is 2.50. The maximum absolute atomic E-state index is 13.2. The van der Waals surface area contributed by atoms with E-state index in [0.29, 0.717) is 5.82 Å². The average Bonchev–Trinajstić information content (AvgIpc) is 2.69. The molecule has 2 aliphatic rings. The number of nitrogens with zero attached hydrogens (tertiary/aromatic N) is 2. The van der Waals surface area contributed by atoms with E-state index in [4.69, 9.17) is 15.6 Å². The second-order valence-electron chi connectivity index (χ2n) is 7.73. The Morgan fingerprint density at radius 1 is 1.16 bits per heavy atom. The standard InChI is InChI=1S/C16H24F2N4O2S.C2HF3O2/c17-16(18)7-9-22(10-8-16)15-6-5-14(11-20-15)25(23,24)21-13-3-1-12(19)2-4-13;3-2(4,5)1(6)7/h5-6,11-13,21H,1-4,7-10,19H2;(H,6,7). The van der Waals surface area contributed by atoms with Crippen LogP contribution in [0.1, 0.15) is 38.5 Å². The number of carbonyl (C=O) groups is 1. The first-order valence-electron chi connectivity index (χ1n) is 9.86. The van der Waals surface area contributed by atoms with Crippen LogP contribution in [-0.4, -0.2) is 61.7 Å². The number of anilines is 1. The second kappa shape index (κ2) is 10.3. The monoisotopic (exact) mass is 488 g/mol. The number of pyridine rings is 1. The van der Waals surface area contributed by atoms with Gasteiger partial charge in [0.2, 0.25) is 10.0 Å². The third-order valence-electron chi connectivity index (χ3n) is 5.19. The number of sulfonamides is 1. The Morgan fingerprint density at radius 2 is 1.69 bits per heavy atom. The van der Waals surface area contributed by atoms with E-state index in [9.17, 15) is 30.4 Å². The first kappa shape index (κ1) is 26.2. The number of carboxylic acid groups (broad SMARTS) is 1. The van der Waals surface area contributed by atoms with Crippen molar-refractivity contribution < 1.29 is 40.3 Å². The lowest BCUT2D eigenvalue weighted by atomic mass is 9.93. The Balaban J connectivity index is 0.000000451. The van der Waals surface area contributed by atoms with E-state index in [0.717, 1.165) is 25.7 Å². The Morgan fingerprint density at radius 3 is 2.12 bits per heavy atom. The number of hydrogen-bond donors (Lipinski definition) is 3. The molecule has 0 bridgehead atoms. The molecule has 4 N–H and O–H groups in total. The Labute approximate surface area is 182 Å². The summed E-state index contributed by atoms with van der Waals surface area (Å²) in [6, 6.07) is 3.10. The van der Waals surface area contributed by atoms with Crippen LogP contribution in [0.25, 0.3) is 0 Å². The molecule has 0 unspecified atom stereocenters. The van der Waals surface area contributed by atoms with Crippen molar-refractivity contribution in [2.45, 2.75) is 67.6 Å². The summed E-state index contributed by atoms with van der Waals surface area (Å²) in [6.45, 7) is 0.430. The smallest absolute Gasteiger partial charge is 0.475 e. The lowest BCUT2D eigenvalue weighted by Crippen LogP contribution is -2.40. The summed E-state index contributed by atoms with van der Waals surface area (Å²) >= 11 is 0. The Hall–Kier alpha value is -2.06. The fraction of sp³-hybridized carbons (Fsp3) is 0.667. The SMILES string of the molecule is NC1CCC(NS(=O)(=O)c2ccc(N3CCC(F)(F)CC3)nc2)CC1.O=C(O)C(F)(F)F. The summed E-state index contributed by atoms with van der Waals surface area (Å²) < 4.78 is 85.8. The van der Waals surface area contributed by atoms with Crippen LogP contribution in [0.3, 0.4) is 0 Å². The minimum absolute atomic E-state index is 0.0912. The van der Waals surface area contributed by atoms with Gasteiger partial charge in [0, 0.05) is 44.2 Å². The van der Waals surface area contributed by atoms with Crippen LogP contribution in [0.5, 0.6) is 0 Å². The molecule has 32 heavy (non-hydrogen) atoms. The normalized spacial score (nSPS) is 23.8. The second-order valence-corrected chi connectivity index (χ2v) is 9.44. The number of nitrogens with two attached hydrogens (primary N) is 1. The highest BCUT2D eigenvalue weighted by Crippen LogP contribution is 2.30. The molecule has 1 saturated carbocycles. The topological polar surface area (TPSA) is 126 Å². The predicted molar refractivity (Wildman–Crippen MR) is 105 cm³/mol. The van der Waals surface area contributed by atoms with E-state index < -0.39 is 28.1 Å². The first-order valence-corrected chi connectivity index (χ1v) is 11.3. The van der Waals surface area contributed by atoms with E-state index in [-0.39, 0.29) is 42.9 Å². The number of hydrogen-bond acceptors (Lipinski definition) is 6. The number of carboxylic acids is 1. The molecular weight excluding hydrogens is 463 g/mol. The number of alkyl halides is 5. The first-order chi connectivity index (χ1) is 14.7. The molecule has 0 aromatic carbocycles. The Kier molecular flexibility index (Phi) is 8.39. The van der Waals surface area contributed by atoms with Crippen molar-refractivity contribution in [2.24, 2.45) is 5.73 Å². The van der Waals surface area contributed by atoms with Crippen LogP contribution in [0, 0.1) is 0 Å². The van der Waals surface area contributed by atoms with E-state index >= 15 is 0 Å². The lowest BCUT2D eigenvalue weighted by Gasteiger charge is -2.32. The molecule has 0 spiro atoms. The summed E-state index contributed by atoms with van der Waals surface area (Å²) in [6.07, 6.45) is -1.13. The summed E-state index contributed by atoms with van der Waals surface area (Å²) in [7, 11) is -3.64. The van der Waals surface area contributed by atoms with Gasteiger partial charge in [0.25, 0.3) is 5.92 Å². The van der Waals surface area contributed by atoms with Gasteiger partial charge in [-0.1, -0.05) is 0 Å². The summed E-state index contributed by atoms with van der Waals surface area (Å²) in [5.74, 6) is -4.85. The number of nitrogens with one attached hydrogen (secondary N) is 1. The fourth-order valence-corrected chi connectivity index (χ4v) is 4.56. The number of piperidine rings is 1. The van der Waals surface area contributed by atoms with Crippen LogP contribution in [0.4, 0.5) is 27.8 Å². The molecule has 1 aromatic heterocycles. The van der Waals surface area contributed by atoms with Crippen LogP contribution < -0.4 is 15.4 Å². The number of halogens is 5. The number of aromatic nitrogens is 1. The highest BCUT2D eigenvalue weighted by molar-refractivity contribution is 7.89. The van der Waals surface area contributed by atoms with E-state index in [1.54, 1.807) is 11.0 Å². The van der Waals surface area contributed by atoms with Crippen LogP contribution >= 0.6 is 0 Å². The molecule has 1 aromatic rings. The van der Waals surface area contributed by atoms with Crippen molar-refractivity contribution in [3.8, 4) is 0 Å². The van der Waals surface area contributed by atoms with Gasteiger partial charge in [-0.25, -0.2) is 31.7 Å². The maximum Gasteiger partial charge on any atom is 0.490 e. The third-order valence-corrected chi connectivity index (χ3v) is 6.69. The van der Waals surface area contributed by atoms with Crippen molar-refractivity contribution in [1.29, 1.82) is 0 Å². The zero-order valence-corrected chi connectivity index (χ0v) is 17.8. The fourth-order valence-electron chi connectivity index (χ4n) is 3.31. The van der Waals surface area contributed by atoms with Gasteiger partial charge in [-0.05, 0) is 37.8 Å². The molecule has 0 atom stereocenters. The molecule has 1 aliphatic carbocycles. The van der Waals surface area contributed by atoms with E-state index in [1.165, 1.54) is 12.3 Å². The van der Waals surface area contributed by atoms with Crippen LogP contribution in [0.15, 0.2) is 23.2 Å². The number of aliphatic carboxylic acids is 1. The molecule has 0 amide bonds. The minimum atomic E-state index is -5.08. The molecule has 14 heteroatoms. The average molecular weight is 488 g/mol. The maximum atomic E-state index is 13.2. The van der Waals surface area contributed by atoms with Gasteiger partial charge in [0.15, 0.2) is 0 Å². The van der Waals surface area contributed by atoms with E-state index in [2.05, 4.69) is 9.71 Å². The van der Waals surface area contributed by atoms with Gasteiger partial charge < -0.3 is 15.7 Å². The summed E-state index contributed by atoms with van der Waals surface area (Å²) in [5, 5.41) is 7.12. The minimum Gasteiger partial charge on any atom is -0.475 e. The number of rotatable bonds is 4. The van der Waals surface area contributed by atoms with Crippen molar-refractivity contribution in [3.63, 3.8) is 0 Å². The molecular formula is C18H25F5N4O4S. The molecule has 2 heterocycles. The molecule has 182 valence electrons. The third kappa shape index (κ3) is 7.81. The largest absolute Gasteiger partial charge is 0.490 e. The quantitative estimate of drug-likeness (QED) is 0.556. The van der Waals surface area contributed by atoms with Crippen molar-refractivity contribution in [3.05, 3.63) is 18.3 Å². The van der Waals surface area contributed by atoms with Gasteiger partial charge in [0.05, 0.1) is 0 Å². The summed E-state index contributed by atoms with van der Waals surface area (Å²) in [5.41, 5.74) is 5.84. The van der Waals surface area contributed by atoms with Gasteiger partial charge in [-0.15, -0.1) is 0 Å². The van der Waals surface area contributed by atoms with Gasteiger partial charge >= 0.3 is 12.1 Å². The Bertz CT molecular complexity index is 862.